The molecule has 0 aromatic heterocycles. The van der Waals surface area contributed by atoms with Gasteiger partial charge >= 0.3 is 0 Å². The number of nitrogens with one attached hydrogen (secondary N) is 1. The predicted octanol–water partition coefficient (Wildman–Crippen LogP) is 1.20. The fraction of sp³-hybridized carbons (Fsp3) is 0.571. The number of rotatable bonds is 4. The van der Waals surface area contributed by atoms with Crippen LogP contribution < -0.4 is 11.1 Å². The Balaban J connectivity index is 1.87. The van der Waals surface area contributed by atoms with Crippen LogP contribution in [0, 0.1) is 0 Å². The van der Waals surface area contributed by atoms with E-state index in [1.54, 1.807) is 0 Å². The van der Waals surface area contributed by atoms with Crippen molar-refractivity contribution < 1.29 is 0 Å². The summed E-state index contributed by atoms with van der Waals surface area (Å²) in [5.41, 5.74) is 7.44. The molecule has 2 rings (SSSR count). The number of likely N-dealkylation sites (N-methyl/N-ethyl adjacent to an activating group) is 1. The second-order valence-electron chi connectivity index (χ2n) is 5.00. The van der Waals surface area contributed by atoms with E-state index in [-0.39, 0.29) is 5.54 Å². The molecule has 3 N–H and O–H groups in total. The Labute approximate surface area is 104 Å². The van der Waals surface area contributed by atoms with Gasteiger partial charge in [-0.2, -0.15) is 0 Å². The van der Waals surface area contributed by atoms with E-state index in [4.69, 9.17) is 5.73 Å². The summed E-state index contributed by atoms with van der Waals surface area (Å²) in [7, 11) is 2.03. The third-order valence-corrected chi connectivity index (χ3v) is 3.98. The molecule has 0 spiro atoms. The van der Waals surface area contributed by atoms with E-state index in [1.807, 2.05) is 7.05 Å². The Hall–Kier alpha value is -0.900. The molecule has 3 heteroatoms. The minimum Gasteiger partial charge on any atom is -0.329 e. The molecule has 1 aliphatic rings. The number of hydrogen-bond donors (Lipinski definition) is 2. The van der Waals surface area contributed by atoms with Crippen molar-refractivity contribution in [2.75, 3.05) is 26.7 Å². The molecule has 3 nitrogen and oxygen atoms in total. The first-order valence-corrected chi connectivity index (χ1v) is 6.43. The van der Waals surface area contributed by atoms with Gasteiger partial charge in [-0.05, 0) is 25.5 Å². The van der Waals surface area contributed by atoms with Gasteiger partial charge in [-0.25, -0.2) is 0 Å². The average molecular weight is 233 g/mol. The zero-order valence-electron chi connectivity index (χ0n) is 10.7. The number of likely N-dealkylation sites (tertiary alicyclic amines) is 1. The van der Waals surface area contributed by atoms with E-state index in [9.17, 15) is 0 Å². The van der Waals surface area contributed by atoms with Gasteiger partial charge in [0.1, 0.15) is 0 Å². The molecule has 0 amide bonds. The van der Waals surface area contributed by atoms with E-state index >= 15 is 0 Å². The number of hydrogen-bond acceptors (Lipinski definition) is 3. The molecule has 0 atom stereocenters. The van der Waals surface area contributed by atoms with Crippen LogP contribution >= 0.6 is 0 Å². The van der Waals surface area contributed by atoms with Crippen LogP contribution in [0.2, 0.25) is 0 Å². The molecular formula is C14H23N3. The summed E-state index contributed by atoms with van der Waals surface area (Å²) in [4.78, 5) is 2.51. The Bertz CT molecular complexity index is 323. The smallest absolute Gasteiger partial charge is 0.0325 e. The fourth-order valence-corrected chi connectivity index (χ4v) is 2.54. The van der Waals surface area contributed by atoms with Crippen LogP contribution in [-0.2, 0) is 6.54 Å². The quantitative estimate of drug-likeness (QED) is 0.821. The third-order valence-electron chi connectivity index (χ3n) is 3.98. The lowest BCUT2D eigenvalue weighted by Crippen LogP contribution is -2.56. The topological polar surface area (TPSA) is 41.3 Å². The van der Waals surface area contributed by atoms with E-state index in [0.29, 0.717) is 0 Å². The van der Waals surface area contributed by atoms with Crippen molar-refractivity contribution in [2.24, 2.45) is 5.73 Å². The van der Waals surface area contributed by atoms with Crippen LogP contribution in [-0.4, -0.2) is 37.1 Å². The van der Waals surface area contributed by atoms with E-state index in [2.05, 4.69) is 40.5 Å². The lowest BCUT2D eigenvalue weighted by Gasteiger charge is -2.41. The molecule has 0 saturated carbocycles. The highest BCUT2D eigenvalue weighted by Crippen LogP contribution is 2.21. The second kappa shape index (κ2) is 5.63. The molecule has 1 aliphatic heterocycles. The third kappa shape index (κ3) is 3.06. The highest BCUT2D eigenvalue weighted by molar-refractivity contribution is 5.14. The SMILES string of the molecule is CNC1(CN)CCN(Cc2ccccc2)CC1. The standard InChI is InChI=1S/C14H23N3/c1-16-14(12-15)7-9-17(10-8-14)11-13-5-3-2-4-6-13/h2-6,16H,7-12,15H2,1H3. The fourth-order valence-electron chi connectivity index (χ4n) is 2.54. The van der Waals surface area contributed by atoms with Gasteiger partial charge in [-0.1, -0.05) is 30.3 Å². The molecule has 0 bridgehead atoms. The number of piperidine rings is 1. The maximum Gasteiger partial charge on any atom is 0.0325 e. The van der Waals surface area contributed by atoms with Crippen LogP contribution in [0.3, 0.4) is 0 Å². The van der Waals surface area contributed by atoms with E-state index < -0.39 is 0 Å². The summed E-state index contributed by atoms with van der Waals surface area (Å²) in [6.45, 7) is 4.06. The van der Waals surface area contributed by atoms with Gasteiger partial charge in [-0.3, -0.25) is 4.90 Å². The summed E-state index contributed by atoms with van der Waals surface area (Å²) in [6, 6.07) is 10.7. The van der Waals surface area contributed by atoms with Crippen molar-refractivity contribution in [1.82, 2.24) is 10.2 Å². The van der Waals surface area contributed by atoms with Crippen molar-refractivity contribution in [3.05, 3.63) is 35.9 Å². The van der Waals surface area contributed by atoms with Crippen molar-refractivity contribution in [2.45, 2.75) is 24.9 Å². The molecule has 17 heavy (non-hydrogen) atoms. The van der Waals surface area contributed by atoms with Gasteiger partial charge in [0, 0.05) is 31.7 Å². The normalized spacial score (nSPS) is 20.4. The molecule has 0 radical (unpaired) electrons. The monoisotopic (exact) mass is 233 g/mol. The summed E-state index contributed by atoms with van der Waals surface area (Å²) < 4.78 is 0. The zero-order valence-corrected chi connectivity index (χ0v) is 10.7. The maximum absolute atomic E-state index is 5.87. The molecule has 1 aromatic rings. The first-order chi connectivity index (χ1) is 8.28. The highest BCUT2D eigenvalue weighted by Gasteiger charge is 2.31. The Morgan fingerprint density at radius 1 is 1.24 bits per heavy atom. The molecule has 1 saturated heterocycles. The highest BCUT2D eigenvalue weighted by atomic mass is 15.2. The van der Waals surface area contributed by atoms with Gasteiger partial charge in [0.15, 0.2) is 0 Å². The lowest BCUT2D eigenvalue weighted by molar-refractivity contribution is 0.139. The van der Waals surface area contributed by atoms with Gasteiger partial charge in [0.05, 0.1) is 0 Å². The van der Waals surface area contributed by atoms with Crippen molar-refractivity contribution in [3.63, 3.8) is 0 Å². The molecule has 1 heterocycles. The molecule has 1 fully saturated rings. The summed E-state index contributed by atoms with van der Waals surface area (Å²) in [5, 5.41) is 3.40. The largest absolute Gasteiger partial charge is 0.329 e. The van der Waals surface area contributed by atoms with Crippen LogP contribution in [0.15, 0.2) is 30.3 Å². The second-order valence-corrected chi connectivity index (χ2v) is 5.00. The molecule has 94 valence electrons. The van der Waals surface area contributed by atoms with Crippen LogP contribution in [0.5, 0.6) is 0 Å². The Kier molecular flexibility index (Phi) is 4.15. The summed E-state index contributed by atoms with van der Waals surface area (Å²) in [6.07, 6.45) is 2.29. The minimum absolute atomic E-state index is 0.174. The van der Waals surface area contributed by atoms with Crippen molar-refractivity contribution in [3.8, 4) is 0 Å². The summed E-state index contributed by atoms with van der Waals surface area (Å²) in [5.74, 6) is 0. The van der Waals surface area contributed by atoms with E-state index in [1.165, 1.54) is 5.56 Å². The zero-order chi connectivity index (χ0) is 12.1. The molecule has 0 unspecified atom stereocenters. The summed E-state index contributed by atoms with van der Waals surface area (Å²) >= 11 is 0. The number of benzene rings is 1. The van der Waals surface area contributed by atoms with Gasteiger partial charge < -0.3 is 11.1 Å². The van der Waals surface area contributed by atoms with Crippen LogP contribution in [0.1, 0.15) is 18.4 Å². The number of nitrogens with two attached hydrogens (primary N) is 1. The first-order valence-electron chi connectivity index (χ1n) is 6.43. The van der Waals surface area contributed by atoms with Crippen LogP contribution in [0.4, 0.5) is 0 Å². The maximum atomic E-state index is 5.87. The predicted molar refractivity (Wildman–Crippen MR) is 71.8 cm³/mol. The van der Waals surface area contributed by atoms with Crippen molar-refractivity contribution in [1.29, 1.82) is 0 Å². The average Bonchev–Trinajstić information content (AvgIpc) is 2.41. The van der Waals surface area contributed by atoms with Crippen molar-refractivity contribution >= 4 is 0 Å². The Morgan fingerprint density at radius 3 is 2.41 bits per heavy atom. The van der Waals surface area contributed by atoms with Gasteiger partial charge in [0.2, 0.25) is 0 Å². The first kappa shape index (κ1) is 12.6. The van der Waals surface area contributed by atoms with Gasteiger partial charge in [-0.15, -0.1) is 0 Å². The minimum atomic E-state index is 0.174. The molecule has 0 aliphatic carbocycles. The van der Waals surface area contributed by atoms with E-state index in [0.717, 1.165) is 39.0 Å². The molecule has 1 aromatic carbocycles. The number of nitrogens with zero attached hydrogens (tertiary/aromatic N) is 1. The lowest BCUT2D eigenvalue weighted by atomic mass is 9.87. The Morgan fingerprint density at radius 2 is 1.88 bits per heavy atom. The van der Waals surface area contributed by atoms with Crippen LogP contribution in [0.25, 0.3) is 0 Å². The van der Waals surface area contributed by atoms with Gasteiger partial charge in [0.25, 0.3) is 0 Å². The molecular weight excluding hydrogens is 210 g/mol.